The molecule has 11 heteroatoms. The molecule has 9 nitrogen and oxygen atoms in total. The summed E-state index contributed by atoms with van der Waals surface area (Å²) in [6.45, 7) is -0.492. The zero-order chi connectivity index (χ0) is 18.5. The van der Waals surface area contributed by atoms with Gasteiger partial charge in [-0.1, -0.05) is 23.2 Å². The monoisotopic (exact) mass is 392 g/mol. The van der Waals surface area contributed by atoms with Crippen molar-refractivity contribution in [2.45, 2.75) is 0 Å². The second-order valence-electron chi connectivity index (χ2n) is 4.91. The van der Waals surface area contributed by atoms with Crippen LogP contribution in [0.2, 0.25) is 10.0 Å². The van der Waals surface area contributed by atoms with Crippen LogP contribution in [0, 0.1) is 0 Å². The Morgan fingerprint density at radius 2 is 1.96 bits per heavy atom. The van der Waals surface area contributed by atoms with E-state index in [4.69, 9.17) is 27.9 Å². The van der Waals surface area contributed by atoms with Gasteiger partial charge in [-0.15, -0.1) is 5.10 Å². The zero-order valence-electron chi connectivity index (χ0n) is 13.0. The van der Waals surface area contributed by atoms with Gasteiger partial charge in [0.15, 0.2) is 12.4 Å². The van der Waals surface area contributed by atoms with Gasteiger partial charge in [0.05, 0.1) is 21.3 Å². The number of halogens is 2. The van der Waals surface area contributed by atoms with Crippen LogP contribution in [0.1, 0.15) is 10.4 Å². The number of rotatable bonds is 5. The number of carbonyl (C=O) groups excluding carboxylic acids is 2. The van der Waals surface area contributed by atoms with Crippen LogP contribution >= 0.6 is 23.2 Å². The molecule has 0 aliphatic carbocycles. The molecular formula is C15H10Cl2N6O3. The van der Waals surface area contributed by atoms with Crippen molar-refractivity contribution in [3.63, 3.8) is 0 Å². The van der Waals surface area contributed by atoms with Gasteiger partial charge in [-0.25, -0.2) is 14.5 Å². The zero-order valence-corrected chi connectivity index (χ0v) is 14.5. The molecule has 0 spiro atoms. The van der Waals surface area contributed by atoms with E-state index in [9.17, 15) is 9.59 Å². The number of ether oxygens (including phenoxy) is 1. The first kappa shape index (κ1) is 17.8. The Kier molecular flexibility index (Phi) is 5.40. The minimum absolute atomic E-state index is 0.128. The van der Waals surface area contributed by atoms with E-state index >= 15 is 0 Å². The van der Waals surface area contributed by atoms with Crippen molar-refractivity contribution in [2.75, 3.05) is 11.9 Å². The highest BCUT2D eigenvalue weighted by molar-refractivity contribution is 6.36. The predicted molar refractivity (Wildman–Crippen MR) is 92.3 cm³/mol. The first-order chi connectivity index (χ1) is 12.5. The van der Waals surface area contributed by atoms with Crippen LogP contribution in [0.25, 0.3) is 5.69 Å². The average Bonchev–Trinajstić information content (AvgIpc) is 3.17. The predicted octanol–water partition coefficient (Wildman–Crippen LogP) is 2.16. The lowest BCUT2D eigenvalue weighted by Crippen LogP contribution is -2.21. The Morgan fingerprint density at radius 1 is 1.19 bits per heavy atom. The number of pyridine rings is 1. The fraction of sp³-hybridized carbons (Fsp3) is 0.0667. The molecule has 0 fully saturated rings. The number of anilines is 1. The van der Waals surface area contributed by atoms with Gasteiger partial charge in [-0.3, -0.25) is 4.79 Å². The standard InChI is InChI=1S/C15H10Cl2N6O3/c16-10-5-12(17)14(18-6-10)20-13(24)7-26-15(25)9-1-3-11(4-2-9)23-8-19-21-22-23/h1-6,8H,7H2,(H,18,20,24). The largest absolute Gasteiger partial charge is 0.452 e. The number of tetrazole rings is 1. The summed E-state index contributed by atoms with van der Waals surface area (Å²) < 4.78 is 6.40. The molecule has 26 heavy (non-hydrogen) atoms. The molecule has 1 aromatic carbocycles. The number of hydrogen-bond donors (Lipinski definition) is 1. The summed E-state index contributed by atoms with van der Waals surface area (Å²) in [5.41, 5.74) is 0.949. The molecule has 2 aromatic heterocycles. The van der Waals surface area contributed by atoms with Gasteiger partial charge < -0.3 is 10.1 Å². The molecule has 3 aromatic rings. The van der Waals surface area contributed by atoms with E-state index in [1.54, 1.807) is 12.1 Å². The molecule has 0 unspecified atom stereocenters. The Bertz CT molecular complexity index is 931. The van der Waals surface area contributed by atoms with Crippen molar-refractivity contribution in [3.05, 3.63) is 58.5 Å². The van der Waals surface area contributed by atoms with Crippen LogP contribution in [0.5, 0.6) is 0 Å². The third-order valence-electron chi connectivity index (χ3n) is 3.12. The minimum atomic E-state index is -0.654. The first-order valence-corrected chi connectivity index (χ1v) is 7.90. The molecule has 0 saturated heterocycles. The summed E-state index contributed by atoms with van der Waals surface area (Å²) in [6.07, 6.45) is 2.76. The van der Waals surface area contributed by atoms with Crippen LogP contribution in [0.3, 0.4) is 0 Å². The lowest BCUT2D eigenvalue weighted by molar-refractivity contribution is -0.119. The molecular weight excluding hydrogens is 383 g/mol. The molecule has 0 saturated carbocycles. The molecule has 3 rings (SSSR count). The first-order valence-electron chi connectivity index (χ1n) is 7.14. The number of benzene rings is 1. The van der Waals surface area contributed by atoms with E-state index < -0.39 is 18.5 Å². The van der Waals surface area contributed by atoms with Crippen LogP contribution in [0.15, 0.2) is 42.9 Å². The summed E-state index contributed by atoms with van der Waals surface area (Å²) in [4.78, 5) is 27.7. The number of carbonyl (C=O) groups is 2. The second kappa shape index (κ2) is 7.89. The molecule has 0 atom stereocenters. The highest BCUT2D eigenvalue weighted by Gasteiger charge is 2.12. The van der Waals surface area contributed by atoms with Crippen LogP contribution in [-0.2, 0) is 9.53 Å². The maximum absolute atomic E-state index is 12.0. The van der Waals surface area contributed by atoms with Gasteiger partial charge in [0, 0.05) is 6.20 Å². The second-order valence-corrected chi connectivity index (χ2v) is 5.75. The average molecular weight is 393 g/mol. The number of aromatic nitrogens is 5. The summed E-state index contributed by atoms with van der Waals surface area (Å²) in [7, 11) is 0. The highest BCUT2D eigenvalue weighted by atomic mass is 35.5. The normalized spacial score (nSPS) is 10.4. The van der Waals surface area contributed by atoms with Crippen molar-refractivity contribution in [1.29, 1.82) is 0 Å². The highest BCUT2D eigenvalue weighted by Crippen LogP contribution is 2.22. The van der Waals surface area contributed by atoms with Crippen molar-refractivity contribution in [1.82, 2.24) is 25.2 Å². The number of amides is 1. The number of esters is 1. The van der Waals surface area contributed by atoms with E-state index in [1.807, 2.05) is 0 Å². The van der Waals surface area contributed by atoms with Gasteiger partial charge in [0.2, 0.25) is 0 Å². The van der Waals surface area contributed by atoms with E-state index in [0.29, 0.717) is 10.7 Å². The van der Waals surface area contributed by atoms with Gasteiger partial charge in [-0.05, 0) is 40.8 Å². The smallest absolute Gasteiger partial charge is 0.338 e. The number of nitrogens with one attached hydrogen (secondary N) is 1. The maximum Gasteiger partial charge on any atom is 0.338 e. The Morgan fingerprint density at radius 3 is 2.62 bits per heavy atom. The molecule has 0 bridgehead atoms. The third kappa shape index (κ3) is 4.32. The fourth-order valence-electron chi connectivity index (χ4n) is 1.92. The van der Waals surface area contributed by atoms with Crippen LogP contribution in [0.4, 0.5) is 5.82 Å². The molecule has 0 aliphatic rings. The van der Waals surface area contributed by atoms with Gasteiger partial charge >= 0.3 is 5.97 Å². The maximum atomic E-state index is 12.0. The summed E-state index contributed by atoms with van der Waals surface area (Å²) in [5.74, 6) is -1.11. The van der Waals surface area contributed by atoms with Gasteiger partial charge in [0.25, 0.3) is 5.91 Å². The summed E-state index contributed by atoms with van der Waals surface area (Å²) in [6, 6.07) is 7.79. The van der Waals surface area contributed by atoms with Crippen LogP contribution < -0.4 is 5.32 Å². The molecule has 1 N–H and O–H groups in total. The van der Waals surface area contributed by atoms with E-state index in [2.05, 4.69) is 25.8 Å². The molecule has 2 heterocycles. The van der Waals surface area contributed by atoms with Crippen LogP contribution in [-0.4, -0.2) is 43.7 Å². The number of nitrogens with zero attached hydrogens (tertiary/aromatic N) is 5. The van der Waals surface area contributed by atoms with Crippen molar-refractivity contribution in [2.24, 2.45) is 0 Å². The summed E-state index contributed by atoms with van der Waals surface area (Å²) in [5, 5.41) is 13.7. The van der Waals surface area contributed by atoms with Gasteiger partial charge in [-0.2, -0.15) is 0 Å². The Hall–Kier alpha value is -3.04. The minimum Gasteiger partial charge on any atom is -0.452 e. The molecule has 0 radical (unpaired) electrons. The van der Waals surface area contributed by atoms with Crippen molar-refractivity contribution < 1.29 is 14.3 Å². The lowest BCUT2D eigenvalue weighted by atomic mass is 10.2. The number of hydrogen-bond acceptors (Lipinski definition) is 7. The summed E-state index contributed by atoms with van der Waals surface area (Å²) >= 11 is 11.6. The third-order valence-corrected chi connectivity index (χ3v) is 3.61. The lowest BCUT2D eigenvalue weighted by Gasteiger charge is -2.08. The molecule has 0 aliphatic heterocycles. The van der Waals surface area contributed by atoms with E-state index in [-0.39, 0.29) is 16.4 Å². The fourth-order valence-corrected chi connectivity index (χ4v) is 2.35. The Balaban J connectivity index is 1.55. The SMILES string of the molecule is O=C(COC(=O)c1ccc(-n2cnnn2)cc1)Nc1ncc(Cl)cc1Cl. The quantitative estimate of drug-likeness (QED) is 0.661. The molecule has 132 valence electrons. The van der Waals surface area contributed by atoms with E-state index in [1.165, 1.54) is 35.4 Å². The van der Waals surface area contributed by atoms with Gasteiger partial charge in [0.1, 0.15) is 6.33 Å². The van der Waals surface area contributed by atoms with E-state index in [0.717, 1.165) is 0 Å². The van der Waals surface area contributed by atoms with Crippen molar-refractivity contribution >= 4 is 40.9 Å². The van der Waals surface area contributed by atoms with Crippen molar-refractivity contribution in [3.8, 4) is 5.69 Å². The molecule has 1 amide bonds. The Labute approximate surface area is 156 Å². The topological polar surface area (TPSA) is 112 Å².